The van der Waals surface area contributed by atoms with E-state index in [-0.39, 0.29) is 0 Å². The van der Waals surface area contributed by atoms with Gasteiger partial charge in [0, 0.05) is 11.1 Å². The lowest BCUT2D eigenvalue weighted by atomic mass is 10.0. The van der Waals surface area contributed by atoms with Gasteiger partial charge in [-0.3, -0.25) is 0 Å². The molecule has 0 heterocycles. The highest BCUT2D eigenvalue weighted by Crippen LogP contribution is 2.26. The van der Waals surface area contributed by atoms with Crippen LogP contribution in [-0.4, -0.2) is 20.4 Å². The van der Waals surface area contributed by atoms with Gasteiger partial charge < -0.3 is 20.4 Å². The van der Waals surface area contributed by atoms with Crippen molar-refractivity contribution in [1.29, 1.82) is 0 Å². The zero-order chi connectivity index (χ0) is 33.4. The molecule has 0 spiro atoms. The molecule has 4 aromatic carbocycles. The Kier molecular flexibility index (Phi) is 15.6. The predicted octanol–water partition coefficient (Wildman–Crippen LogP) is 10.7. The second kappa shape index (κ2) is 18.6. The van der Waals surface area contributed by atoms with Crippen LogP contribution in [0.4, 0.5) is 0 Å². The van der Waals surface area contributed by atoms with Crippen molar-refractivity contribution in [3.8, 4) is 23.0 Å². The molecular weight excluding hydrogens is 544 g/mol. The van der Waals surface area contributed by atoms with Gasteiger partial charge in [-0.1, -0.05) is 106 Å². The van der Waals surface area contributed by atoms with Crippen LogP contribution in [-0.2, 0) is 12.8 Å². The Morgan fingerprint density at radius 1 is 0.636 bits per heavy atom. The maximum Gasteiger partial charge on any atom is 0.125 e. The largest absolute Gasteiger partial charge is 0.508 e. The lowest BCUT2D eigenvalue weighted by Gasteiger charge is -2.04. The van der Waals surface area contributed by atoms with Gasteiger partial charge in [0.15, 0.2) is 0 Å². The predicted molar refractivity (Wildman–Crippen MR) is 190 cm³/mol. The Balaban J connectivity index is 0.000000294. The highest BCUT2D eigenvalue weighted by Gasteiger charge is 2.03. The summed E-state index contributed by atoms with van der Waals surface area (Å²) >= 11 is 0. The zero-order valence-electron chi connectivity index (χ0n) is 27.1. The number of allylic oxidation sites excluding steroid dienone is 2. The standard InChI is InChI=1S/C11H14O.2C10H12O.C9H10O/c1-4-9-7-10(8(2)3)5-6-11(9)12;1-7(2)9-6-4-5-8(3)10(9)11;1-3-8-5-6-10(11)9(4-2)7-8;1-3-8-6-4-5-7(2)9(8)10/h5-7,12H,2,4H2,1,3H3;4-6,11H,1H2,2-3H3;3,5-7,11H,1,4H2,2H3;3-6,10H,1H2,2H3. The molecule has 0 aliphatic carbocycles. The maximum absolute atomic E-state index is 9.51. The van der Waals surface area contributed by atoms with Crippen LogP contribution in [0.2, 0.25) is 0 Å². The van der Waals surface area contributed by atoms with E-state index < -0.39 is 0 Å². The smallest absolute Gasteiger partial charge is 0.125 e. The van der Waals surface area contributed by atoms with Crippen LogP contribution in [0.1, 0.15) is 72.2 Å². The summed E-state index contributed by atoms with van der Waals surface area (Å²) in [4.78, 5) is 0. The van der Waals surface area contributed by atoms with Crippen molar-refractivity contribution in [3.63, 3.8) is 0 Å². The number of aryl methyl sites for hydroxylation is 4. The van der Waals surface area contributed by atoms with Crippen LogP contribution in [0.15, 0.2) is 99.1 Å². The van der Waals surface area contributed by atoms with E-state index in [1.54, 1.807) is 24.3 Å². The summed E-state index contributed by atoms with van der Waals surface area (Å²) in [6.45, 7) is 26.5. The number of hydrogen-bond donors (Lipinski definition) is 4. The highest BCUT2D eigenvalue weighted by molar-refractivity contribution is 5.68. The van der Waals surface area contributed by atoms with E-state index in [9.17, 15) is 20.4 Å². The van der Waals surface area contributed by atoms with Crippen molar-refractivity contribution < 1.29 is 20.4 Å². The minimum Gasteiger partial charge on any atom is -0.508 e. The normalized spacial score (nSPS) is 9.59. The lowest BCUT2D eigenvalue weighted by molar-refractivity contribution is 0.468. The first kappa shape index (κ1) is 37.1. The second-order valence-corrected chi connectivity index (χ2v) is 10.4. The van der Waals surface area contributed by atoms with E-state index in [4.69, 9.17) is 0 Å². The molecular formula is C40H48O4. The highest BCUT2D eigenvalue weighted by atomic mass is 16.3. The fourth-order valence-corrected chi connectivity index (χ4v) is 4.00. The minimum atomic E-state index is 0.331. The van der Waals surface area contributed by atoms with Crippen molar-refractivity contribution in [2.75, 3.05) is 0 Å². The van der Waals surface area contributed by atoms with Gasteiger partial charge >= 0.3 is 0 Å². The summed E-state index contributed by atoms with van der Waals surface area (Å²) in [5.74, 6) is 1.43. The Labute approximate surface area is 264 Å². The zero-order valence-corrected chi connectivity index (χ0v) is 27.1. The molecule has 0 bridgehead atoms. The topological polar surface area (TPSA) is 80.9 Å². The molecule has 4 nitrogen and oxygen atoms in total. The minimum absolute atomic E-state index is 0.331. The number of rotatable bonds is 6. The summed E-state index contributed by atoms with van der Waals surface area (Å²) in [5.41, 5.74) is 9.45. The van der Waals surface area contributed by atoms with Crippen LogP contribution < -0.4 is 0 Å². The average Bonchev–Trinajstić information content (AvgIpc) is 3.01. The quantitative estimate of drug-likeness (QED) is 0.180. The molecule has 44 heavy (non-hydrogen) atoms. The lowest BCUT2D eigenvalue weighted by Crippen LogP contribution is -1.84. The number of benzene rings is 4. The van der Waals surface area contributed by atoms with E-state index in [1.165, 1.54) is 0 Å². The van der Waals surface area contributed by atoms with Gasteiger partial charge in [-0.2, -0.15) is 0 Å². The SMILES string of the molecule is C=C(C)c1ccc(O)c(CC)c1.C=C(C)c1cccc(C)c1O.C=Cc1ccc(O)c(CC)c1.C=Cc1cccc(C)c1O. The first-order valence-electron chi connectivity index (χ1n) is 14.6. The van der Waals surface area contributed by atoms with Gasteiger partial charge in [0.2, 0.25) is 0 Å². The van der Waals surface area contributed by atoms with Gasteiger partial charge in [0.1, 0.15) is 23.0 Å². The van der Waals surface area contributed by atoms with Crippen molar-refractivity contribution >= 4 is 23.3 Å². The molecule has 0 radical (unpaired) electrons. The molecule has 4 rings (SSSR count). The number of hydrogen-bond acceptors (Lipinski definition) is 4. The van der Waals surface area contributed by atoms with Crippen LogP contribution in [0.25, 0.3) is 23.3 Å². The van der Waals surface area contributed by atoms with E-state index in [2.05, 4.69) is 26.3 Å². The van der Waals surface area contributed by atoms with Crippen molar-refractivity contribution in [2.24, 2.45) is 0 Å². The molecule has 0 amide bonds. The summed E-state index contributed by atoms with van der Waals surface area (Å²) < 4.78 is 0. The van der Waals surface area contributed by atoms with Crippen molar-refractivity contribution in [3.05, 3.63) is 144 Å². The summed E-state index contributed by atoms with van der Waals surface area (Å²) in [5, 5.41) is 37.5. The number of aromatic hydroxyl groups is 4. The fourth-order valence-electron chi connectivity index (χ4n) is 4.00. The second-order valence-electron chi connectivity index (χ2n) is 10.4. The van der Waals surface area contributed by atoms with E-state index >= 15 is 0 Å². The molecule has 0 atom stereocenters. The van der Waals surface area contributed by atoms with E-state index in [0.717, 1.165) is 68.5 Å². The number of para-hydroxylation sites is 2. The molecule has 0 aliphatic heterocycles. The maximum atomic E-state index is 9.51. The summed E-state index contributed by atoms with van der Waals surface area (Å²) in [7, 11) is 0. The Bertz CT molecular complexity index is 1580. The van der Waals surface area contributed by atoms with Gasteiger partial charge in [-0.15, -0.1) is 0 Å². The van der Waals surface area contributed by atoms with Crippen LogP contribution in [0.5, 0.6) is 23.0 Å². The molecule has 232 valence electrons. The molecule has 4 N–H and O–H groups in total. The van der Waals surface area contributed by atoms with E-state index in [1.807, 2.05) is 102 Å². The summed E-state index contributed by atoms with van der Waals surface area (Å²) in [6.07, 6.45) is 5.13. The summed E-state index contributed by atoms with van der Waals surface area (Å²) in [6, 6.07) is 22.3. The Morgan fingerprint density at radius 2 is 1.16 bits per heavy atom. The fraction of sp³-hybridized carbons (Fsp3) is 0.200. The third-order valence-electron chi connectivity index (χ3n) is 6.86. The molecule has 4 heteroatoms. The van der Waals surface area contributed by atoms with Gasteiger partial charge in [0.25, 0.3) is 0 Å². The van der Waals surface area contributed by atoms with Crippen molar-refractivity contribution in [2.45, 2.75) is 54.4 Å². The van der Waals surface area contributed by atoms with Gasteiger partial charge in [0.05, 0.1) is 0 Å². The Morgan fingerprint density at radius 3 is 1.61 bits per heavy atom. The molecule has 0 unspecified atom stereocenters. The number of phenolic OH excluding ortho intramolecular Hbond substituents is 4. The Hall–Kier alpha value is -4.96. The third kappa shape index (κ3) is 11.4. The van der Waals surface area contributed by atoms with E-state index in [0.29, 0.717) is 23.0 Å². The first-order valence-corrected chi connectivity index (χ1v) is 14.6. The third-order valence-corrected chi connectivity index (χ3v) is 6.86. The number of phenols is 4. The van der Waals surface area contributed by atoms with Gasteiger partial charge in [-0.25, -0.2) is 0 Å². The molecule has 0 saturated carbocycles. The van der Waals surface area contributed by atoms with Crippen molar-refractivity contribution in [1.82, 2.24) is 0 Å². The molecule has 4 aromatic rings. The van der Waals surface area contributed by atoms with Crippen LogP contribution in [0.3, 0.4) is 0 Å². The average molecular weight is 593 g/mol. The van der Waals surface area contributed by atoms with Gasteiger partial charge in [-0.05, 0) is 104 Å². The molecule has 0 aromatic heterocycles. The molecule has 0 fully saturated rings. The van der Waals surface area contributed by atoms with Crippen LogP contribution in [0, 0.1) is 13.8 Å². The first-order chi connectivity index (χ1) is 20.8. The molecule has 0 saturated heterocycles. The molecule has 0 aliphatic rings. The van der Waals surface area contributed by atoms with Crippen LogP contribution >= 0.6 is 0 Å². The monoisotopic (exact) mass is 592 g/mol.